The standard InChI is InChI=1S/C20H30N4/c1-22-19-10-6-5-9-18(19)21-20(22)16-24-13-11-23(12-14-24)15-17-7-3-2-4-8-17/h5-6,9-10,17H,2-4,7-8,11-16H2,1H3. The first kappa shape index (κ1) is 16.1. The average Bonchev–Trinajstić information content (AvgIpc) is 2.94. The Bertz CT molecular complexity index is 663. The highest BCUT2D eigenvalue weighted by molar-refractivity contribution is 5.75. The van der Waals surface area contributed by atoms with Gasteiger partial charge < -0.3 is 9.47 Å². The van der Waals surface area contributed by atoms with Gasteiger partial charge in [-0.15, -0.1) is 0 Å². The van der Waals surface area contributed by atoms with Crippen LogP contribution in [0.25, 0.3) is 11.0 Å². The van der Waals surface area contributed by atoms with E-state index in [1.807, 2.05) is 0 Å². The van der Waals surface area contributed by atoms with Crippen LogP contribution in [0.5, 0.6) is 0 Å². The predicted octanol–water partition coefficient (Wildman–Crippen LogP) is 3.27. The highest BCUT2D eigenvalue weighted by Crippen LogP contribution is 2.25. The van der Waals surface area contributed by atoms with Crippen molar-refractivity contribution in [2.45, 2.75) is 38.6 Å². The summed E-state index contributed by atoms with van der Waals surface area (Å²) in [5, 5.41) is 0. The van der Waals surface area contributed by atoms with Crippen molar-refractivity contribution < 1.29 is 0 Å². The van der Waals surface area contributed by atoms with E-state index in [-0.39, 0.29) is 0 Å². The first-order valence-electron chi connectivity index (χ1n) is 9.64. The molecule has 0 unspecified atom stereocenters. The van der Waals surface area contributed by atoms with Crippen LogP contribution in [0.15, 0.2) is 24.3 Å². The van der Waals surface area contributed by atoms with Gasteiger partial charge in [-0.1, -0.05) is 31.4 Å². The number of nitrogens with zero attached hydrogens (tertiary/aromatic N) is 4. The van der Waals surface area contributed by atoms with Crippen LogP contribution in [0.3, 0.4) is 0 Å². The molecule has 2 heterocycles. The normalized spacial score (nSPS) is 21.5. The molecule has 1 aliphatic carbocycles. The first-order chi connectivity index (χ1) is 11.8. The molecule has 130 valence electrons. The Balaban J connectivity index is 1.31. The van der Waals surface area contributed by atoms with E-state index in [1.54, 1.807) is 0 Å². The van der Waals surface area contributed by atoms with Crippen LogP contribution in [0, 0.1) is 5.92 Å². The van der Waals surface area contributed by atoms with Crippen molar-refractivity contribution in [1.82, 2.24) is 19.4 Å². The average molecular weight is 326 g/mol. The number of fused-ring (bicyclic) bond motifs is 1. The highest BCUT2D eigenvalue weighted by atomic mass is 15.3. The maximum absolute atomic E-state index is 4.83. The van der Waals surface area contributed by atoms with Gasteiger partial charge in [-0.2, -0.15) is 0 Å². The largest absolute Gasteiger partial charge is 0.330 e. The van der Waals surface area contributed by atoms with Crippen molar-refractivity contribution in [3.63, 3.8) is 0 Å². The Morgan fingerprint density at radius 1 is 0.958 bits per heavy atom. The molecule has 0 radical (unpaired) electrons. The molecule has 24 heavy (non-hydrogen) atoms. The molecule has 2 aromatic rings. The Kier molecular flexibility index (Phi) is 4.86. The number of hydrogen-bond acceptors (Lipinski definition) is 3. The summed E-state index contributed by atoms with van der Waals surface area (Å²) in [7, 11) is 2.14. The molecule has 0 N–H and O–H groups in total. The van der Waals surface area contributed by atoms with Gasteiger partial charge in [0.15, 0.2) is 0 Å². The second-order valence-electron chi connectivity index (χ2n) is 7.66. The highest BCUT2D eigenvalue weighted by Gasteiger charge is 2.22. The molecule has 1 aromatic carbocycles. The van der Waals surface area contributed by atoms with E-state index < -0.39 is 0 Å². The van der Waals surface area contributed by atoms with Crippen molar-refractivity contribution in [1.29, 1.82) is 0 Å². The van der Waals surface area contributed by atoms with Crippen molar-refractivity contribution in [2.75, 3.05) is 32.7 Å². The summed E-state index contributed by atoms with van der Waals surface area (Å²) in [6.45, 7) is 7.11. The Labute approximate surface area is 145 Å². The van der Waals surface area contributed by atoms with E-state index in [0.29, 0.717) is 0 Å². The van der Waals surface area contributed by atoms with E-state index >= 15 is 0 Å². The number of piperazine rings is 1. The van der Waals surface area contributed by atoms with Crippen LogP contribution in [-0.2, 0) is 13.6 Å². The third kappa shape index (κ3) is 3.50. The molecule has 1 saturated carbocycles. The van der Waals surface area contributed by atoms with Crippen molar-refractivity contribution in [3.8, 4) is 0 Å². The van der Waals surface area contributed by atoms with Crippen LogP contribution >= 0.6 is 0 Å². The Morgan fingerprint density at radius 3 is 2.42 bits per heavy atom. The molecule has 4 rings (SSSR count). The lowest BCUT2D eigenvalue weighted by molar-refractivity contribution is 0.103. The summed E-state index contributed by atoms with van der Waals surface area (Å²) in [5.41, 5.74) is 2.36. The number of imidazole rings is 1. The van der Waals surface area contributed by atoms with Crippen LogP contribution in [0.4, 0.5) is 0 Å². The molecular formula is C20H30N4. The number of benzene rings is 1. The van der Waals surface area contributed by atoms with Gasteiger partial charge in [-0.05, 0) is 30.9 Å². The molecule has 4 nitrogen and oxygen atoms in total. The summed E-state index contributed by atoms with van der Waals surface area (Å²) >= 11 is 0. The van der Waals surface area contributed by atoms with Gasteiger partial charge >= 0.3 is 0 Å². The zero-order chi connectivity index (χ0) is 16.4. The molecule has 1 aromatic heterocycles. The molecule has 0 bridgehead atoms. The van der Waals surface area contributed by atoms with Crippen molar-refractivity contribution >= 4 is 11.0 Å². The lowest BCUT2D eigenvalue weighted by atomic mass is 9.89. The van der Waals surface area contributed by atoms with Gasteiger partial charge in [-0.25, -0.2) is 4.98 Å². The minimum Gasteiger partial charge on any atom is -0.330 e. The van der Waals surface area contributed by atoms with Crippen LogP contribution < -0.4 is 0 Å². The van der Waals surface area contributed by atoms with Crippen molar-refractivity contribution in [2.24, 2.45) is 13.0 Å². The van der Waals surface area contributed by atoms with Gasteiger partial charge in [0.1, 0.15) is 5.82 Å². The summed E-state index contributed by atoms with van der Waals surface area (Å²) in [6.07, 6.45) is 7.29. The van der Waals surface area contributed by atoms with Gasteiger partial charge in [0.2, 0.25) is 0 Å². The van der Waals surface area contributed by atoms with E-state index in [0.717, 1.165) is 18.0 Å². The fourth-order valence-electron chi connectivity index (χ4n) is 4.40. The van der Waals surface area contributed by atoms with E-state index in [4.69, 9.17) is 4.98 Å². The van der Waals surface area contributed by atoms with Crippen LogP contribution in [0.1, 0.15) is 37.9 Å². The second kappa shape index (κ2) is 7.24. The van der Waals surface area contributed by atoms with Gasteiger partial charge in [0.25, 0.3) is 0 Å². The fraction of sp³-hybridized carbons (Fsp3) is 0.650. The molecule has 2 aliphatic rings. The third-order valence-corrected chi connectivity index (χ3v) is 5.95. The molecule has 4 heteroatoms. The predicted molar refractivity (Wildman–Crippen MR) is 99.0 cm³/mol. The number of hydrogen-bond donors (Lipinski definition) is 0. The smallest absolute Gasteiger partial charge is 0.123 e. The molecule has 0 spiro atoms. The van der Waals surface area contributed by atoms with E-state index in [2.05, 4.69) is 45.7 Å². The number of aromatic nitrogens is 2. The summed E-state index contributed by atoms with van der Waals surface area (Å²) in [6, 6.07) is 8.44. The fourth-order valence-corrected chi connectivity index (χ4v) is 4.40. The molecule has 0 atom stereocenters. The van der Waals surface area contributed by atoms with Crippen LogP contribution in [0.2, 0.25) is 0 Å². The maximum Gasteiger partial charge on any atom is 0.123 e. The second-order valence-corrected chi connectivity index (χ2v) is 7.66. The Morgan fingerprint density at radius 2 is 1.67 bits per heavy atom. The number of rotatable bonds is 4. The molecule has 1 saturated heterocycles. The molecule has 1 aliphatic heterocycles. The lowest BCUT2D eigenvalue weighted by Crippen LogP contribution is -2.47. The maximum atomic E-state index is 4.83. The SMILES string of the molecule is Cn1c(CN2CCN(CC3CCCCC3)CC2)nc2ccccc21. The minimum absolute atomic E-state index is 0.963. The topological polar surface area (TPSA) is 24.3 Å². The van der Waals surface area contributed by atoms with E-state index in [9.17, 15) is 0 Å². The summed E-state index contributed by atoms with van der Waals surface area (Å²) in [5.74, 6) is 2.15. The number of para-hydroxylation sites is 2. The summed E-state index contributed by atoms with van der Waals surface area (Å²) < 4.78 is 2.25. The summed E-state index contributed by atoms with van der Waals surface area (Å²) in [4.78, 5) is 10.1. The zero-order valence-electron chi connectivity index (χ0n) is 15.0. The lowest BCUT2D eigenvalue weighted by Gasteiger charge is -2.37. The molecular weight excluding hydrogens is 296 g/mol. The molecule has 2 fully saturated rings. The van der Waals surface area contributed by atoms with Gasteiger partial charge in [0.05, 0.1) is 17.6 Å². The quantitative estimate of drug-likeness (QED) is 0.862. The minimum atomic E-state index is 0.963. The monoisotopic (exact) mass is 326 g/mol. The molecule has 0 amide bonds. The third-order valence-electron chi connectivity index (χ3n) is 5.95. The van der Waals surface area contributed by atoms with Gasteiger partial charge in [0, 0.05) is 39.8 Å². The van der Waals surface area contributed by atoms with E-state index in [1.165, 1.54) is 76.2 Å². The first-order valence-corrected chi connectivity index (χ1v) is 9.64. The Hall–Kier alpha value is -1.39. The zero-order valence-corrected chi connectivity index (χ0v) is 15.0. The van der Waals surface area contributed by atoms with Gasteiger partial charge in [-0.3, -0.25) is 4.90 Å². The van der Waals surface area contributed by atoms with Crippen molar-refractivity contribution in [3.05, 3.63) is 30.1 Å². The van der Waals surface area contributed by atoms with Crippen LogP contribution in [-0.4, -0.2) is 52.1 Å². The number of aryl methyl sites for hydroxylation is 1.